The van der Waals surface area contributed by atoms with Crippen LogP contribution >= 0.6 is 11.3 Å². The Balaban J connectivity index is 2.01. The molecule has 0 fully saturated rings. The molecule has 0 aliphatic heterocycles. The van der Waals surface area contributed by atoms with Gasteiger partial charge in [-0.25, -0.2) is 0 Å². The van der Waals surface area contributed by atoms with Crippen LogP contribution in [-0.2, 0) is 13.0 Å². The van der Waals surface area contributed by atoms with Crippen LogP contribution in [0.3, 0.4) is 0 Å². The van der Waals surface area contributed by atoms with E-state index in [2.05, 4.69) is 106 Å². The van der Waals surface area contributed by atoms with Crippen molar-refractivity contribution in [3.63, 3.8) is 0 Å². The van der Waals surface area contributed by atoms with Gasteiger partial charge in [0.25, 0.3) is 0 Å². The molecular formula is C31H35NS. The first-order chi connectivity index (χ1) is 16.1. The predicted octanol–water partition coefficient (Wildman–Crippen LogP) is 8.47. The molecule has 1 heterocycles. The minimum atomic E-state index is 0.448. The Bertz CT molecular complexity index is 1190. The molecule has 2 aromatic carbocycles. The molecule has 2 atom stereocenters. The van der Waals surface area contributed by atoms with E-state index in [1.54, 1.807) is 11.3 Å². The molecule has 2 unspecified atom stereocenters. The van der Waals surface area contributed by atoms with Crippen molar-refractivity contribution in [3.8, 4) is 0 Å². The Hall–Kier alpha value is -2.68. The van der Waals surface area contributed by atoms with Gasteiger partial charge in [-0.05, 0) is 87.6 Å². The number of allylic oxidation sites excluding steroid dienone is 4. The number of fused-ring (bicyclic) bond motifs is 1. The van der Waals surface area contributed by atoms with Crippen molar-refractivity contribution in [2.24, 2.45) is 17.6 Å². The van der Waals surface area contributed by atoms with Crippen LogP contribution in [-0.4, -0.2) is 0 Å². The van der Waals surface area contributed by atoms with Gasteiger partial charge in [-0.2, -0.15) is 0 Å². The molecule has 0 bridgehead atoms. The highest BCUT2D eigenvalue weighted by molar-refractivity contribution is 7.10. The Morgan fingerprint density at radius 2 is 1.82 bits per heavy atom. The molecular weight excluding hydrogens is 418 g/mol. The van der Waals surface area contributed by atoms with E-state index in [0.717, 1.165) is 12.8 Å². The second-order valence-corrected chi connectivity index (χ2v) is 10.1. The Kier molecular flexibility index (Phi) is 7.47. The minimum Gasteiger partial charge on any atom is -0.326 e. The first-order valence-electron chi connectivity index (χ1n) is 12.1. The van der Waals surface area contributed by atoms with Crippen LogP contribution in [0.1, 0.15) is 66.8 Å². The number of rotatable bonds is 6. The molecule has 2 N–H and O–H groups in total. The lowest BCUT2D eigenvalue weighted by Gasteiger charge is -2.26. The molecule has 1 aromatic heterocycles. The van der Waals surface area contributed by atoms with E-state index in [0.29, 0.717) is 18.4 Å². The summed E-state index contributed by atoms with van der Waals surface area (Å²) in [4.78, 5) is 1.27. The summed E-state index contributed by atoms with van der Waals surface area (Å²) in [6, 6.07) is 20.2. The molecule has 3 aromatic rings. The summed E-state index contributed by atoms with van der Waals surface area (Å²) in [6.07, 6.45) is 8.79. The number of benzene rings is 2. The van der Waals surface area contributed by atoms with Crippen LogP contribution in [0.4, 0.5) is 0 Å². The van der Waals surface area contributed by atoms with Gasteiger partial charge in [0.05, 0.1) is 0 Å². The maximum absolute atomic E-state index is 6.16. The summed E-state index contributed by atoms with van der Waals surface area (Å²) in [5.41, 5.74) is 17.0. The fourth-order valence-electron chi connectivity index (χ4n) is 5.03. The summed E-state index contributed by atoms with van der Waals surface area (Å²) in [7, 11) is 0. The standard InChI is InChI=1S/C31H35NS/c1-5-9-23-12-14-24(15-13-23)31(27(6-2)28-16-17-33-30(28)20-32)29-19-26-11-8-7-10-25(26)18-21(3)22(29)4/h5,7-17,19,21-22H,6,18,20,32H2,1-4H3/b9-5+,31-27+. The first-order valence-corrected chi connectivity index (χ1v) is 13.0. The fourth-order valence-corrected chi connectivity index (χ4v) is 5.81. The van der Waals surface area contributed by atoms with E-state index in [-0.39, 0.29) is 0 Å². The molecule has 4 rings (SSSR count). The van der Waals surface area contributed by atoms with Crippen LogP contribution in [0.2, 0.25) is 0 Å². The predicted molar refractivity (Wildman–Crippen MR) is 147 cm³/mol. The molecule has 0 radical (unpaired) electrons. The van der Waals surface area contributed by atoms with Gasteiger partial charge in [0.1, 0.15) is 0 Å². The molecule has 1 aliphatic carbocycles. The smallest absolute Gasteiger partial charge is 0.0279 e. The molecule has 1 nitrogen and oxygen atoms in total. The third-order valence-electron chi connectivity index (χ3n) is 7.01. The number of thiophene rings is 1. The zero-order chi connectivity index (χ0) is 23.4. The average molecular weight is 454 g/mol. The molecule has 0 spiro atoms. The Labute approximate surface area is 203 Å². The van der Waals surface area contributed by atoms with Crippen LogP contribution in [0.5, 0.6) is 0 Å². The molecule has 33 heavy (non-hydrogen) atoms. The zero-order valence-electron chi connectivity index (χ0n) is 20.3. The van der Waals surface area contributed by atoms with E-state index in [1.165, 1.54) is 49.4 Å². The molecule has 170 valence electrons. The maximum atomic E-state index is 6.16. The molecule has 1 aliphatic rings. The first kappa shape index (κ1) is 23.5. The van der Waals surface area contributed by atoms with Crippen LogP contribution in [0, 0.1) is 11.8 Å². The summed E-state index contributed by atoms with van der Waals surface area (Å²) in [5.74, 6) is 1.01. The lowest BCUT2D eigenvalue weighted by Crippen LogP contribution is -2.14. The highest BCUT2D eigenvalue weighted by Crippen LogP contribution is 2.44. The fraction of sp³-hybridized carbons (Fsp3) is 0.290. The SMILES string of the molecule is C/C=C/c1ccc(/C(C2=Cc3ccccc3CC(C)C2C)=C(/CC)c2ccsc2CN)cc1. The average Bonchev–Trinajstić information content (AvgIpc) is 3.26. The Morgan fingerprint density at radius 3 is 2.52 bits per heavy atom. The van der Waals surface area contributed by atoms with Gasteiger partial charge < -0.3 is 5.73 Å². The van der Waals surface area contributed by atoms with Gasteiger partial charge in [-0.3, -0.25) is 0 Å². The van der Waals surface area contributed by atoms with Crippen molar-refractivity contribution in [2.45, 2.75) is 47.1 Å². The highest BCUT2D eigenvalue weighted by atomic mass is 32.1. The molecule has 0 saturated heterocycles. The second kappa shape index (κ2) is 10.5. The van der Waals surface area contributed by atoms with Gasteiger partial charge in [-0.15, -0.1) is 11.3 Å². The van der Waals surface area contributed by atoms with Crippen molar-refractivity contribution < 1.29 is 0 Å². The molecule has 0 saturated carbocycles. The highest BCUT2D eigenvalue weighted by Gasteiger charge is 2.27. The van der Waals surface area contributed by atoms with Crippen LogP contribution in [0.25, 0.3) is 23.3 Å². The second-order valence-electron chi connectivity index (χ2n) is 9.06. The van der Waals surface area contributed by atoms with Crippen molar-refractivity contribution in [1.82, 2.24) is 0 Å². The van der Waals surface area contributed by atoms with Gasteiger partial charge >= 0.3 is 0 Å². The number of hydrogen-bond donors (Lipinski definition) is 1. The third kappa shape index (κ3) is 4.83. The van der Waals surface area contributed by atoms with Crippen molar-refractivity contribution >= 4 is 34.6 Å². The lowest BCUT2D eigenvalue weighted by atomic mass is 9.78. The number of nitrogens with two attached hydrogens (primary N) is 1. The normalized spacial score (nSPS) is 19.1. The maximum Gasteiger partial charge on any atom is 0.0279 e. The van der Waals surface area contributed by atoms with Gasteiger partial charge in [0.15, 0.2) is 0 Å². The summed E-state index contributed by atoms with van der Waals surface area (Å²) in [6.45, 7) is 9.73. The van der Waals surface area contributed by atoms with E-state index >= 15 is 0 Å². The van der Waals surface area contributed by atoms with E-state index in [4.69, 9.17) is 5.73 Å². The van der Waals surface area contributed by atoms with Gasteiger partial charge in [0.2, 0.25) is 0 Å². The zero-order valence-corrected chi connectivity index (χ0v) is 21.1. The largest absolute Gasteiger partial charge is 0.326 e. The third-order valence-corrected chi connectivity index (χ3v) is 7.95. The van der Waals surface area contributed by atoms with Crippen molar-refractivity contribution in [1.29, 1.82) is 0 Å². The van der Waals surface area contributed by atoms with Gasteiger partial charge in [0, 0.05) is 11.4 Å². The minimum absolute atomic E-state index is 0.448. The van der Waals surface area contributed by atoms with E-state index in [9.17, 15) is 0 Å². The quantitative estimate of drug-likeness (QED) is 0.398. The summed E-state index contributed by atoms with van der Waals surface area (Å²) >= 11 is 1.77. The van der Waals surface area contributed by atoms with Gasteiger partial charge in [-0.1, -0.05) is 87.5 Å². The summed E-state index contributed by atoms with van der Waals surface area (Å²) < 4.78 is 0. The molecule has 0 amide bonds. The Morgan fingerprint density at radius 1 is 1.06 bits per heavy atom. The lowest BCUT2D eigenvalue weighted by molar-refractivity contribution is 0.451. The number of hydrogen-bond acceptors (Lipinski definition) is 2. The van der Waals surface area contributed by atoms with E-state index in [1.807, 2.05) is 0 Å². The van der Waals surface area contributed by atoms with E-state index < -0.39 is 0 Å². The summed E-state index contributed by atoms with van der Waals surface area (Å²) in [5, 5.41) is 2.18. The molecule has 2 heteroatoms. The topological polar surface area (TPSA) is 26.0 Å². The van der Waals surface area contributed by atoms with Crippen molar-refractivity contribution in [3.05, 3.63) is 104 Å². The van der Waals surface area contributed by atoms with Crippen molar-refractivity contribution in [2.75, 3.05) is 0 Å². The van der Waals surface area contributed by atoms with Crippen LogP contribution < -0.4 is 5.73 Å². The monoisotopic (exact) mass is 453 g/mol. The van der Waals surface area contributed by atoms with Crippen LogP contribution in [0.15, 0.2) is 71.6 Å².